The first-order chi connectivity index (χ1) is 7.75. The normalized spacial score (nSPS) is 29.0. The van der Waals surface area contributed by atoms with Crippen molar-refractivity contribution < 1.29 is 19.1 Å². The van der Waals surface area contributed by atoms with Gasteiger partial charge in [-0.3, -0.25) is 9.59 Å². The number of hydrogen-bond donors (Lipinski definition) is 0. The molecule has 1 rings (SSSR count). The smallest absolute Gasteiger partial charge is 0.311 e. The van der Waals surface area contributed by atoms with Crippen molar-refractivity contribution in [1.29, 1.82) is 0 Å². The van der Waals surface area contributed by atoms with Gasteiger partial charge in [0.2, 0.25) is 0 Å². The second-order valence-corrected chi connectivity index (χ2v) is 5.48. The van der Waals surface area contributed by atoms with E-state index >= 15 is 0 Å². The summed E-state index contributed by atoms with van der Waals surface area (Å²) in [5.74, 6) is -0.551. The molecule has 0 spiro atoms. The van der Waals surface area contributed by atoms with Crippen molar-refractivity contribution in [3.05, 3.63) is 0 Å². The summed E-state index contributed by atoms with van der Waals surface area (Å²) in [5, 5.41) is 0. The average molecular weight is 242 g/mol. The molecular formula is C13H22O4. The molecule has 0 aromatic heterocycles. The molecule has 0 saturated carbocycles. The molecule has 1 aliphatic heterocycles. The van der Waals surface area contributed by atoms with Gasteiger partial charge >= 0.3 is 11.9 Å². The quantitative estimate of drug-likeness (QED) is 0.710. The molecule has 1 aliphatic rings. The van der Waals surface area contributed by atoms with E-state index in [1.165, 1.54) is 0 Å². The first kappa shape index (κ1) is 14.0. The summed E-state index contributed by atoms with van der Waals surface area (Å²) in [6.45, 7) is 9.36. The van der Waals surface area contributed by atoms with Crippen LogP contribution in [0.5, 0.6) is 0 Å². The molecule has 98 valence electrons. The van der Waals surface area contributed by atoms with Gasteiger partial charge in [0.05, 0.1) is 11.8 Å². The van der Waals surface area contributed by atoms with Crippen molar-refractivity contribution in [2.24, 2.45) is 5.41 Å². The molecule has 0 bridgehead atoms. The van der Waals surface area contributed by atoms with Crippen LogP contribution in [0.3, 0.4) is 0 Å². The number of ether oxygens (including phenoxy) is 2. The van der Waals surface area contributed by atoms with Crippen LogP contribution in [0.4, 0.5) is 0 Å². The maximum atomic E-state index is 12.0. The molecule has 4 heteroatoms. The molecule has 0 radical (unpaired) electrons. The predicted molar refractivity (Wildman–Crippen MR) is 63.4 cm³/mol. The first-order valence-corrected chi connectivity index (χ1v) is 6.18. The minimum atomic E-state index is -0.670. The minimum absolute atomic E-state index is 0.163. The summed E-state index contributed by atoms with van der Waals surface area (Å²) in [4.78, 5) is 23.3. The van der Waals surface area contributed by atoms with Gasteiger partial charge in [-0.15, -0.1) is 0 Å². The van der Waals surface area contributed by atoms with Crippen molar-refractivity contribution in [3.8, 4) is 0 Å². The van der Waals surface area contributed by atoms with Gasteiger partial charge in [-0.05, 0) is 33.6 Å². The Kier molecular flexibility index (Phi) is 3.84. The molecule has 17 heavy (non-hydrogen) atoms. The van der Waals surface area contributed by atoms with Crippen LogP contribution >= 0.6 is 0 Å². The van der Waals surface area contributed by atoms with E-state index in [0.717, 1.165) is 0 Å². The lowest BCUT2D eigenvalue weighted by Gasteiger charge is -2.30. The molecule has 0 N–H and O–H groups in total. The van der Waals surface area contributed by atoms with Crippen molar-refractivity contribution in [2.45, 2.75) is 65.6 Å². The van der Waals surface area contributed by atoms with Crippen molar-refractivity contribution >= 4 is 11.9 Å². The van der Waals surface area contributed by atoms with E-state index in [-0.39, 0.29) is 18.4 Å². The zero-order valence-electron chi connectivity index (χ0n) is 11.3. The van der Waals surface area contributed by atoms with E-state index in [2.05, 4.69) is 0 Å². The van der Waals surface area contributed by atoms with Gasteiger partial charge in [0.15, 0.2) is 6.10 Å². The number of rotatable bonds is 4. The summed E-state index contributed by atoms with van der Waals surface area (Å²) in [5.41, 5.74) is -1.18. The molecule has 0 aromatic carbocycles. The van der Waals surface area contributed by atoms with Crippen LogP contribution in [-0.2, 0) is 19.1 Å². The Bertz CT molecular complexity index is 321. The Morgan fingerprint density at radius 2 is 2.12 bits per heavy atom. The molecule has 4 nitrogen and oxygen atoms in total. The van der Waals surface area contributed by atoms with Gasteiger partial charge in [-0.25, -0.2) is 0 Å². The van der Waals surface area contributed by atoms with E-state index < -0.39 is 17.1 Å². The fourth-order valence-corrected chi connectivity index (χ4v) is 1.63. The monoisotopic (exact) mass is 242 g/mol. The summed E-state index contributed by atoms with van der Waals surface area (Å²) in [6.07, 6.45) is 1.05. The van der Waals surface area contributed by atoms with E-state index in [1.54, 1.807) is 0 Å². The highest BCUT2D eigenvalue weighted by atomic mass is 16.6. The lowest BCUT2D eigenvalue weighted by Crippen LogP contribution is -2.41. The minimum Gasteiger partial charge on any atom is -0.457 e. The van der Waals surface area contributed by atoms with Crippen LogP contribution in [0.2, 0.25) is 0 Å². The maximum absolute atomic E-state index is 12.0. The number of hydrogen-bond acceptors (Lipinski definition) is 4. The number of esters is 2. The number of cyclic esters (lactones) is 1. The third kappa shape index (κ3) is 2.79. The van der Waals surface area contributed by atoms with E-state index in [0.29, 0.717) is 12.8 Å². The fourth-order valence-electron chi connectivity index (χ4n) is 1.63. The Hall–Kier alpha value is -1.06. The fraction of sp³-hybridized carbons (Fsp3) is 0.846. The Morgan fingerprint density at radius 1 is 1.53 bits per heavy atom. The average Bonchev–Trinajstić information content (AvgIpc) is 2.54. The standard InChI is InChI=1S/C13H22O4/c1-6-12(3,4)11(15)16-9-8-10(14)17-13(9,5)7-2/h9H,6-8H2,1-5H3. The van der Waals surface area contributed by atoms with E-state index in [9.17, 15) is 9.59 Å². The maximum Gasteiger partial charge on any atom is 0.311 e. The van der Waals surface area contributed by atoms with Crippen molar-refractivity contribution in [1.82, 2.24) is 0 Å². The predicted octanol–water partition coefficient (Wildman–Crippen LogP) is 2.45. The number of carbonyl (C=O) groups excluding carboxylic acids is 2. The topological polar surface area (TPSA) is 52.6 Å². The molecule has 0 aromatic rings. The highest BCUT2D eigenvalue weighted by Gasteiger charge is 2.48. The largest absolute Gasteiger partial charge is 0.457 e. The SMILES string of the molecule is CCC(C)(C)C(=O)OC1CC(=O)OC1(C)CC. The van der Waals surface area contributed by atoms with Crippen LogP contribution in [-0.4, -0.2) is 23.6 Å². The van der Waals surface area contributed by atoms with Crippen LogP contribution in [0, 0.1) is 5.41 Å². The molecule has 0 amide bonds. The van der Waals surface area contributed by atoms with Gasteiger partial charge in [0.25, 0.3) is 0 Å². The summed E-state index contributed by atoms with van der Waals surface area (Å²) >= 11 is 0. The van der Waals surface area contributed by atoms with E-state index in [1.807, 2.05) is 34.6 Å². The zero-order chi connectivity index (χ0) is 13.3. The van der Waals surface area contributed by atoms with Gasteiger partial charge < -0.3 is 9.47 Å². The van der Waals surface area contributed by atoms with Crippen molar-refractivity contribution in [2.75, 3.05) is 0 Å². The summed E-state index contributed by atoms with van der Waals surface area (Å²) < 4.78 is 10.7. The molecule has 1 fully saturated rings. The first-order valence-electron chi connectivity index (χ1n) is 6.18. The summed E-state index contributed by atoms with van der Waals surface area (Å²) in [7, 11) is 0. The van der Waals surface area contributed by atoms with Crippen LogP contribution in [0.15, 0.2) is 0 Å². The van der Waals surface area contributed by atoms with Crippen LogP contribution in [0.25, 0.3) is 0 Å². The Morgan fingerprint density at radius 3 is 2.59 bits per heavy atom. The lowest BCUT2D eigenvalue weighted by atomic mass is 9.90. The van der Waals surface area contributed by atoms with Crippen LogP contribution < -0.4 is 0 Å². The number of carbonyl (C=O) groups is 2. The third-order valence-corrected chi connectivity index (χ3v) is 3.77. The van der Waals surface area contributed by atoms with Crippen LogP contribution in [0.1, 0.15) is 53.9 Å². The molecule has 1 heterocycles. The van der Waals surface area contributed by atoms with Crippen molar-refractivity contribution in [3.63, 3.8) is 0 Å². The molecular weight excluding hydrogens is 220 g/mol. The van der Waals surface area contributed by atoms with Gasteiger partial charge in [0, 0.05) is 0 Å². The molecule has 1 saturated heterocycles. The highest BCUT2D eigenvalue weighted by molar-refractivity contribution is 5.78. The summed E-state index contributed by atoms with van der Waals surface area (Å²) in [6, 6.07) is 0. The lowest BCUT2D eigenvalue weighted by molar-refractivity contribution is -0.170. The Balaban J connectivity index is 2.75. The molecule has 2 unspecified atom stereocenters. The molecule has 2 atom stereocenters. The van der Waals surface area contributed by atoms with E-state index in [4.69, 9.17) is 9.47 Å². The third-order valence-electron chi connectivity index (χ3n) is 3.77. The molecule has 0 aliphatic carbocycles. The van der Waals surface area contributed by atoms with Gasteiger partial charge in [0.1, 0.15) is 5.60 Å². The van der Waals surface area contributed by atoms with Gasteiger partial charge in [-0.2, -0.15) is 0 Å². The Labute approximate surface area is 103 Å². The second kappa shape index (κ2) is 4.67. The highest BCUT2D eigenvalue weighted by Crippen LogP contribution is 2.34. The second-order valence-electron chi connectivity index (χ2n) is 5.48. The zero-order valence-corrected chi connectivity index (χ0v) is 11.3. The van der Waals surface area contributed by atoms with Gasteiger partial charge in [-0.1, -0.05) is 13.8 Å².